The molecule has 1 aromatic carbocycles. The van der Waals surface area contributed by atoms with E-state index in [2.05, 4.69) is 5.32 Å². The van der Waals surface area contributed by atoms with Crippen LogP contribution in [0.5, 0.6) is 5.75 Å². The highest BCUT2D eigenvalue weighted by Crippen LogP contribution is 2.12. The van der Waals surface area contributed by atoms with Crippen molar-refractivity contribution in [1.29, 1.82) is 0 Å². The van der Waals surface area contributed by atoms with Crippen molar-refractivity contribution in [3.63, 3.8) is 0 Å². The Morgan fingerprint density at radius 3 is 2.94 bits per heavy atom. The standard InChI is InChI=1S/C12H18N2O2/c1-9-4-3-5-11(6-9)16-8-10(2)14-12(15)7-13/h3-6,10H,7-8,13H2,1-2H3,(H,14,15). The number of hydrogen-bond acceptors (Lipinski definition) is 3. The molecule has 88 valence electrons. The van der Waals surface area contributed by atoms with Gasteiger partial charge in [0, 0.05) is 0 Å². The van der Waals surface area contributed by atoms with E-state index in [9.17, 15) is 4.79 Å². The van der Waals surface area contributed by atoms with Gasteiger partial charge < -0.3 is 15.8 Å². The van der Waals surface area contributed by atoms with Crippen molar-refractivity contribution in [1.82, 2.24) is 5.32 Å². The van der Waals surface area contributed by atoms with Crippen LogP contribution in [0, 0.1) is 6.92 Å². The summed E-state index contributed by atoms with van der Waals surface area (Å²) in [6.07, 6.45) is 0. The van der Waals surface area contributed by atoms with E-state index in [1.807, 2.05) is 38.1 Å². The summed E-state index contributed by atoms with van der Waals surface area (Å²) in [4.78, 5) is 11.0. The normalized spacial score (nSPS) is 11.9. The van der Waals surface area contributed by atoms with Crippen LogP contribution in [0.1, 0.15) is 12.5 Å². The van der Waals surface area contributed by atoms with E-state index >= 15 is 0 Å². The van der Waals surface area contributed by atoms with Crippen LogP contribution in [-0.2, 0) is 4.79 Å². The highest BCUT2D eigenvalue weighted by molar-refractivity contribution is 5.77. The first-order valence-electron chi connectivity index (χ1n) is 5.30. The molecule has 0 radical (unpaired) electrons. The van der Waals surface area contributed by atoms with Gasteiger partial charge in [-0.3, -0.25) is 4.79 Å². The first-order chi connectivity index (χ1) is 7.61. The highest BCUT2D eigenvalue weighted by Gasteiger charge is 2.06. The molecule has 0 heterocycles. The summed E-state index contributed by atoms with van der Waals surface area (Å²) in [5.41, 5.74) is 6.34. The first-order valence-corrected chi connectivity index (χ1v) is 5.30. The molecular weight excluding hydrogens is 204 g/mol. The Balaban J connectivity index is 2.37. The molecular formula is C12H18N2O2. The van der Waals surface area contributed by atoms with Crippen LogP contribution in [0.2, 0.25) is 0 Å². The van der Waals surface area contributed by atoms with Gasteiger partial charge in [0.2, 0.25) is 5.91 Å². The summed E-state index contributed by atoms with van der Waals surface area (Å²) < 4.78 is 5.54. The van der Waals surface area contributed by atoms with Crippen LogP contribution >= 0.6 is 0 Å². The quantitative estimate of drug-likeness (QED) is 0.776. The van der Waals surface area contributed by atoms with E-state index < -0.39 is 0 Å². The smallest absolute Gasteiger partial charge is 0.234 e. The van der Waals surface area contributed by atoms with Crippen molar-refractivity contribution in [3.05, 3.63) is 29.8 Å². The molecule has 1 aromatic rings. The van der Waals surface area contributed by atoms with Crippen molar-refractivity contribution in [2.24, 2.45) is 5.73 Å². The van der Waals surface area contributed by atoms with E-state index in [1.54, 1.807) is 0 Å². The molecule has 3 N–H and O–H groups in total. The second-order valence-electron chi connectivity index (χ2n) is 3.80. The number of ether oxygens (including phenoxy) is 1. The van der Waals surface area contributed by atoms with Gasteiger partial charge in [0.05, 0.1) is 12.6 Å². The Bertz CT molecular complexity index is 353. The van der Waals surface area contributed by atoms with E-state index in [-0.39, 0.29) is 18.5 Å². The molecule has 16 heavy (non-hydrogen) atoms. The fraction of sp³-hybridized carbons (Fsp3) is 0.417. The minimum Gasteiger partial charge on any atom is -0.491 e. The maximum atomic E-state index is 11.0. The second kappa shape index (κ2) is 6.12. The average Bonchev–Trinajstić information content (AvgIpc) is 2.26. The largest absolute Gasteiger partial charge is 0.491 e. The van der Waals surface area contributed by atoms with E-state index in [4.69, 9.17) is 10.5 Å². The monoisotopic (exact) mass is 222 g/mol. The first kappa shape index (κ1) is 12.5. The summed E-state index contributed by atoms with van der Waals surface area (Å²) in [6, 6.07) is 7.75. The van der Waals surface area contributed by atoms with Crippen LogP contribution in [0.3, 0.4) is 0 Å². The molecule has 0 fully saturated rings. The van der Waals surface area contributed by atoms with Crippen molar-refractivity contribution in [2.45, 2.75) is 19.9 Å². The Labute approximate surface area is 95.8 Å². The summed E-state index contributed by atoms with van der Waals surface area (Å²) >= 11 is 0. The lowest BCUT2D eigenvalue weighted by Crippen LogP contribution is -2.40. The molecule has 0 saturated carbocycles. The Hall–Kier alpha value is -1.55. The topological polar surface area (TPSA) is 64.3 Å². The number of aryl methyl sites for hydroxylation is 1. The van der Waals surface area contributed by atoms with Gasteiger partial charge >= 0.3 is 0 Å². The maximum Gasteiger partial charge on any atom is 0.234 e. The van der Waals surface area contributed by atoms with Crippen LogP contribution in [0.4, 0.5) is 0 Å². The van der Waals surface area contributed by atoms with Gasteiger partial charge in [-0.1, -0.05) is 12.1 Å². The third-order valence-electron chi connectivity index (χ3n) is 2.08. The van der Waals surface area contributed by atoms with Crippen LogP contribution in [0.25, 0.3) is 0 Å². The summed E-state index contributed by atoms with van der Waals surface area (Å²) in [5, 5.41) is 2.73. The summed E-state index contributed by atoms with van der Waals surface area (Å²) in [6.45, 7) is 4.33. The fourth-order valence-electron chi connectivity index (χ4n) is 1.30. The van der Waals surface area contributed by atoms with Crippen LogP contribution in [-0.4, -0.2) is 25.1 Å². The van der Waals surface area contributed by atoms with Crippen LogP contribution in [0.15, 0.2) is 24.3 Å². The Morgan fingerprint density at radius 1 is 1.56 bits per heavy atom. The van der Waals surface area contributed by atoms with Crippen molar-refractivity contribution < 1.29 is 9.53 Å². The molecule has 0 aliphatic heterocycles. The lowest BCUT2D eigenvalue weighted by atomic mass is 10.2. The van der Waals surface area contributed by atoms with E-state index in [1.165, 1.54) is 0 Å². The minimum atomic E-state index is -0.166. The lowest BCUT2D eigenvalue weighted by molar-refractivity contribution is -0.120. The molecule has 1 atom stereocenters. The molecule has 0 aliphatic rings. The SMILES string of the molecule is Cc1cccc(OCC(C)NC(=O)CN)c1. The fourth-order valence-corrected chi connectivity index (χ4v) is 1.30. The van der Waals surface area contributed by atoms with Crippen molar-refractivity contribution >= 4 is 5.91 Å². The zero-order valence-corrected chi connectivity index (χ0v) is 9.69. The van der Waals surface area contributed by atoms with Gasteiger partial charge in [-0.2, -0.15) is 0 Å². The Kier molecular flexibility index (Phi) is 4.79. The number of carbonyl (C=O) groups is 1. The van der Waals surface area contributed by atoms with Gasteiger partial charge in [-0.25, -0.2) is 0 Å². The lowest BCUT2D eigenvalue weighted by Gasteiger charge is -2.14. The number of amides is 1. The number of nitrogens with one attached hydrogen (secondary N) is 1. The number of carbonyl (C=O) groups excluding carboxylic acids is 1. The third-order valence-corrected chi connectivity index (χ3v) is 2.08. The number of hydrogen-bond donors (Lipinski definition) is 2. The van der Waals surface area contributed by atoms with Gasteiger partial charge in [0.1, 0.15) is 12.4 Å². The molecule has 0 aromatic heterocycles. The molecule has 0 bridgehead atoms. The van der Waals surface area contributed by atoms with Gasteiger partial charge in [0.25, 0.3) is 0 Å². The van der Waals surface area contributed by atoms with Crippen LogP contribution < -0.4 is 15.8 Å². The van der Waals surface area contributed by atoms with Gasteiger partial charge in [-0.15, -0.1) is 0 Å². The molecule has 1 amide bonds. The zero-order valence-electron chi connectivity index (χ0n) is 9.69. The third kappa shape index (κ3) is 4.31. The zero-order chi connectivity index (χ0) is 12.0. The summed E-state index contributed by atoms with van der Waals surface area (Å²) in [7, 11) is 0. The number of benzene rings is 1. The molecule has 4 heteroatoms. The molecule has 0 spiro atoms. The van der Waals surface area contributed by atoms with E-state index in [0.29, 0.717) is 6.61 Å². The minimum absolute atomic E-state index is 0.00872. The van der Waals surface area contributed by atoms with E-state index in [0.717, 1.165) is 11.3 Å². The highest BCUT2D eigenvalue weighted by atomic mass is 16.5. The molecule has 1 unspecified atom stereocenters. The Morgan fingerprint density at radius 2 is 2.31 bits per heavy atom. The molecule has 4 nitrogen and oxygen atoms in total. The van der Waals surface area contributed by atoms with Crippen molar-refractivity contribution in [2.75, 3.05) is 13.2 Å². The molecule has 1 rings (SSSR count). The van der Waals surface area contributed by atoms with Gasteiger partial charge in [-0.05, 0) is 31.5 Å². The predicted molar refractivity (Wildman–Crippen MR) is 63.3 cm³/mol. The average molecular weight is 222 g/mol. The van der Waals surface area contributed by atoms with Gasteiger partial charge in [0.15, 0.2) is 0 Å². The number of rotatable bonds is 5. The summed E-state index contributed by atoms with van der Waals surface area (Å²) in [5.74, 6) is 0.647. The second-order valence-corrected chi connectivity index (χ2v) is 3.80. The maximum absolute atomic E-state index is 11.0. The molecule has 0 aliphatic carbocycles. The van der Waals surface area contributed by atoms with Crippen molar-refractivity contribution in [3.8, 4) is 5.75 Å². The predicted octanol–water partition coefficient (Wildman–Crippen LogP) is 0.837. The number of nitrogens with two attached hydrogens (primary N) is 1. The molecule has 0 saturated heterocycles.